The number of nitrogens with zero attached hydrogens (tertiary/aromatic N) is 3. The van der Waals surface area contributed by atoms with Crippen molar-refractivity contribution in [2.24, 2.45) is 0 Å². The molecule has 1 saturated carbocycles. The van der Waals surface area contributed by atoms with Gasteiger partial charge in [-0.1, -0.05) is 161 Å². The summed E-state index contributed by atoms with van der Waals surface area (Å²) in [5.41, 5.74) is 14.4. The summed E-state index contributed by atoms with van der Waals surface area (Å²) in [7, 11) is 0. The molecule has 0 bridgehead atoms. The molecule has 0 atom stereocenters. The zero-order chi connectivity index (χ0) is 41.0. The van der Waals surface area contributed by atoms with E-state index in [-0.39, 0.29) is 20.1 Å². The average Bonchev–Trinajstić information content (AvgIpc) is 3.92. The van der Waals surface area contributed by atoms with Gasteiger partial charge in [-0.2, -0.15) is 0 Å². The first-order valence-corrected chi connectivity index (χ1v) is 21.6. The molecule has 0 aliphatic heterocycles. The maximum atomic E-state index is 6.65. The first kappa shape index (κ1) is 41.8. The maximum absolute atomic E-state index is 6.65. The molecule has 3 heterocycles. The number of hydrogen-bond donors (Lipinski definition) is 0. The zero-order valence-corrected chi connectivity index (χ0v) is 37.8. The van der Waals surface area contributed by atoms with E-state index in [1.54, 1.807) is 6.20 Å². The van der Waals surface area contributed by atoms with Crippen LogP contribution in [0.2, 0.25) is 0 Å². The van der Waals surface area contributed by atoms with Gasteiger partial charge in [0.05, 0.1) is 22.4 Å². The Balaban J connectivity index is 0.000000340. The molecule has 3 aromatic heterocycles. The van der Waals surface area contributed by atoms with Gasteiger partial charge in [-0.3, -0.25) is 4.98 Å². The molecule has 61 heavy (non-hydrogen) atoms. The van der Waals surface area contributed by atoms with Crippen molar-refractivity contribution in [3.8, 4) is 50.8 Å². The number of benzene rings is 6. The van der Waals surface area contributed by atoms with Gasteiger partial charge in [0.15, 0.2) is 0 Å². The molecule has 0 N–H and O–H groups in total. The largest absolute Gasteiger partial charge is 0.477 e. The zero-order valence-electron chi connectivity index (χ0n) is 35.4. The van der Waals surface area contributed by atoms with Gasteiger partial charge in [0.1, 0.15) is 5.76 Å². The molecular weight excluding hydrogens is 923 g/mol. The van der Waals surface area contributed by atoms with Crippen LogP contribution in [0.3, 0.4) is 0 Å². The second kappa shape index (κ2) is 18.8. The molecule has 5 heteroatoms. The first-order valence-electron chi connectivity index (χ1n) is 21.6. The molecule has 6 aromatic carbocycles. The quantitative estimate of drug-likeness (QED) is 0.143. The molecule has 0 amide bonds. The minimum absolute atomic E-state index is 0. The standard InChI is InChI=1S/C45H43N2O.C11H8N.Ir/c1-29(2)36-18-13-19-37(30(3)4)44(36)47-41-21-12-11-20-40(41)46-45(47)35-26-38(33-24-22-32(23-25-33)31-14-7-5-8-15-31)39-28-42(48-43(39)27-35)34-16-9-6-10-17-34;1-2-6-10(7-3-1)11-8-4-5-9-12-11;/h6,9-13,16-26,28-31H,5,7-8,14-15H2,1-4H3;1-6,8-9H;/q2*-1;. The number of furan rings is 1. The molecule has 1 aliphatic carbocycles. The molecular formula is C56H51IrN3O-2. The van der Waals surface area contributed by atoms with Gasteiger partial charge in [0.25, 0.3) is 0 Å². The van der Waals surface area contributed by atoms with E-state index in [0.29, 0.717) is 17.8 Å². The van der Waals surface area contributed by atoms with Crippen LogP contribution in [-0.2, 0) is 20.1 Å². The molecule has 10 rings (SSSR count). The minimum atomic E-state index is 0. The van der Waals surface area contributed by atoms with Crippen molar-refractivity contribution in [1.82, 2.24) is 14.5 Å². The number of imidazole rings is 1. The van der Waals surface area contributed by atoms with Gasteiger partial charge in [0.2, 0.25) is 0 Å². The van der Waals surface area contributed by atoms with Crippen LogP contribution < -0.4 is 0 Å². The van der Waals surface area contributed by atoms with Gasteiger partial charge < -0.3 is 14.0 Å². The summed E-state index contributed by atoms with van der Waals surface area (Å²) in [6, 6.07) is 60.0. The van der Waals surface area contributed by atoms with Crippen molar-refractivity contribution in [2.45, 2.75) is 77.6 Å². The van der Waals surface area contributed by atoms with Crippen LogP contribution in [0.15, 0.2) is 162 Å². The van der Waals surface area contributed by atoms with E-state index < -0.39 is 0 Å². The second-order valence-corrected chi connectivity index (χ2v) is 16.6. The average molecular weight is 974 g/mol. The van der Waals surface area contributed by atoms with Crippen LogP contribution in [0.5, 0.6) is 0 Å². The molecule has 0 saturated heterocycles. The van der Waals surface area contributed by atoms with Gasteiger partial charge in [-0.25, -0.2) is 0 Å². The van der Waals surface area contributed by atoms with Gasteiger partial charge in [-0.15, -0.1) is 47.5 Å². The number of fused-ring (bicyclic) bond motifs is 2. The number of hydrogen-bond acceptors (Lipinski definition) is 3. The van der Waals surface area contributed by atoms with Crippen LogP contribution in [0, 0.1) is 12.1 Å². The summed E-state index contributed by atoms with van der Waals surface area (Å²) < 4.78 is 9.03. The van der Waals surface area contributed by atoms with E-state index >= 15 is 0 Å². The predicted molar refractivity (Wildman–Crippen MR) is 248 cm³/mol. The Bertz CT molecular complexity index is 2770. The Morgan fingerprint density at radius 3 is 2.05 bits per heavy atom. The van der Waals surface area contributed by atoms with Crippen LogP contribution in [-0.4, -0.2) is 14.5 Å². The van der Waals surface area contributed by atoms with E-state index in [4.69, 9.17) is 9.40 Å². The molecule has 307 valence electrons. The van der Waals surface area contributed by atoms with Gasteiger partial charge in [-0.05, 0) is 82.8 Å². The summed E-state index contributed by atoms with van der Waals surface area (Å²) >= 11 is 0. The Morgan fingerprint density at radius 1 is 0.656 bits per heavy atom. The molecule has 4 nitrogen and oxygen atoms in total. The van der Waals surface area contributed by atoms with E-state index in [0.717, 1.165) is 61.5 Å². The van der Waals surface area contributed by atoms with Crippen molar-refractivity contribution in [3.05, 3.63) is 187 Å². The van der Waals surface area contributed by atoms with Gasteiger partial charge in [0, 0.05) is 37.6 Å². The van der Waals surface area contributed by atoms with E-state index in [1.807, 2.05) is 48.5 Å². The van der Waals surface area contributed by atoms with Crippen molar-refractivity contribution >= 4 is 22.0 Å². The third-order valence-electron chi connectivity index (χ3n) is 11.9. The Morgan fingerprint density at radius 2 is 1.36 bits per heavy atom. The molecule has 9 aromatic rings. The maximum Gasteiger partial charge on any atom is 0.123 e. The smallest absolute Gasteiger partial charge is 0.123 e. The van der Waals surface area contributed by atoms with Crippen molar-refractivity contribution < 1.29 is 24.5 Å². The van der Waals surface area contributed by atoms with Crippen molar-refractivity contribution in [3.63, 3.8) is 0 Å². The Labute approximate surface area is 374 Å². The third kappa shape index (κ3) is 8.82. The number of rotatable bonds is 8. The van der Waals surface area contributed by atoms with Crippen LogP contribution >= 0.6 is 0 Å². The molecule has 0 spiro atoms. The van der Waals surface area contributed by atoms with E-state index in [1.165, 1.54) is 60.0 Å². The fraction of sp³-hybridized carbons (Fsp3) is 0.214. The Kier molecular flexibility index (Phi) is 12.9. The normalized spacial score (nSPS) is 13.0. The van der Waals surface area contributed by atoms with Crippen molar-refractivity contribution in [1.29, 1.82) is 0 Å². The minimum Gasteiger partial charge on any atom is -0.477 e. The number of aromatic nitrogens is 3. The van der Waals surface area contributed by atoms with Crippen molar-refractivity contribution in [2.75, 3.05) is 0 Å². The summed E-state index contributed by atoms with van der Waals surface area (Å²) in [4.78, 5) is 9.55. The van der Waals surface area contributed by atoms with Gasteiger partial charge >= 0.3 is 0 Å². The summed E-state index contributed by atoms with van der Waals surface area (Å²) in [5, 5.41) is 1.07. The predicted octanol–water partition coefficient (Wildman–Crippen LogP) is 15.4. The third-order valence-corrected chi connectivity index (χ3v) is 11.9. The topological polar surface area (TPSA) is 43.9 Å². The summed E-state index contributed by atoms with van der Waals surface area (Å²) in [6.07, 6.45) is 8.41. The Hall–Kier alpha value is -5.87. The molecule has 1 radical (unpaired) electrons. The van der Waals surface area contributed by atoms with Crippen LogP contribution in [0.1, 0.15) is 94.2 Å². The summed E-state index contributed by atoms with van der Waals surface area (Å²) in [6.45, 7) is 9.12. The van der Waals surface area contributed by atoms with Crippen LogP contribution in [0.4, 0.5) is 0 Å². The monoisotopic (exact) mass is 974 g/mol. The van der Waals surface area contributed by atoms with E-state index in [2.05, 4.69) is 153 Å². The summed E-state index contributed by atoms with van der Waals surface area (Å²) in [5.74, 6) is 3.08. The molecule has 1 aliphatic rings. The first-order chi connectivity index (χ1) is 29.4. The SMILES string of the molecule is CC(C)c1cccc(C(C)C)c1-n1c(-c2[c-]c3oc(-c4ccccc4)cc3c(-c3ccc(C4CCCCC4)cc3)c2)nc2ccccc21.[Ir].[c-]1ccccc1-c1ccccn1. The molecule has 0 unspecified atom stereocenters. The fourth-order valence-electron chi connectivity index (χ4n) is 8.82. The molecule has 1 fully saturated rings. The number of pyridine rings is 1. The second-order valence-electron chi connectivity index (χ2n) is 16.6. The van der Waals surface area contributed by atoms with Crippen LogP contribution in [0.25, 0.3) is 72.8 Å². The fourth-order valence-corrected chi connectivity index (χ4v) is 8.82. The number of para-hydroxylation sites is 3. The van der Waals surface area contributed by atoms with E-state index in [9.17, 15) is 0 Å².